The molecule has 0 saturated heterocycles. The molecule has 0 spiro atoms. The molecule has 1 unspecified atom stereocenters. The fourth-order valence-electron chi connectivity index (χ4n) is 1.85. The second kappa shape index (κ2) is 5.15. The zero-order valence-corrected chi connectivity index (χ0v) is 10.3. The largest absolute Gasteiger partial charge is 0.370 e. The van der Waals surface area contributed by atoms with Crippen molar-refractivity contribution in [1.82, 2.24) is 0 Å². The lowest BCUT2D eigenvalue weighted by Gasteiger charge is -2.15. The lowest BCUT2D eigenvalue weighted by Crippen LogP contribution is -2.27. The maximum atomic E-state index is 13.6. The van der Waals surface area contributed by atoms with E-state index in [9.17, 15) is 9.18 Å². The van der Waals surface area contributed by atoms with Crippen molar-refractivity contribution in [3.05, 3.63) is 34.6 Å². The minimum atomic E-state index is -0.576. The number of carbonyl (C=O) groups is 1. The van der Waals surface area contributed by atoms with E-state index in [1.165, 1.54) is 12.1 Å². The van der Waals surface area contributed by atoms with Crippen LogP contribution in [0.15, 0.2) is 18.2 Å². The van der Waals surface area contributed by atoms with Crippen LogP contribution in [0.25, 0.3) is 0 Å². The minimum absolute atomic E-state index is 0.0692. The third kappa shape index (κ3) is 2.85. The molecule has 0 aliphatic heterocycles. The molecule has 0 radical (unpaired) electrons. The molecule has 2 nitrogen and oxygen atoms in total. The van der Waals surface area contributed by atoms with E-state index >= 15 is 0 Å². The molecule has 0 bridgehead atoms. The van der Waals surface area contributed by atoms with Gasteiger partial charge >= 0.3 is 0 Å². The molecule has 1 aliphatic carbocycles. The van der Waals surface area contributed by atoms with Crippen LogP contribution in [0, 0.1) is 11.7 Å². The summed E-state index contributed by atoms with van der Waals surface area (Å²) in [7, 11) is 0. The Bertz CT molecular complexity index is 429. The summed E-state index contributed by atoms with van der Waals surface area (Å²) in [6, 6.07) is 4.10. The van der Waals surface area contributed by atoms with Gasteiger partial charge in [-0.15, -0.1) is 0 Å². The van der Waals surface area contributed by atoms with Crippen molar-refractivity contribution in [3.8, 4) is 0 Å². The van der Waals surface area contributed by atoms with Crippen LogP contribution in [0.5, 0.6) is 0 Å². The second-order valence-corrected chi connectivity index (χ2v) is 4.64. The third-order valence-electron chi connectivity index (χ3n) is 2.85. The summed E-state index contributed by atoms with van der Waals surface area (Å²) in [5.41, 5.74) is 0.0692. The fourth-order valence-corrected chi connectivity index (χ4v) is 2.01. The number of hydrogen-bond acceptors (Lipinski definition) is 2. The van der Waals surface area contributed by atoms with Gasteiger partial charge in [-0.1, -0.05) is 11.6 Å². The summed E-state index contributed by atoms with van der Waals surface area (Å²) < 4.78 is 19.0. The standard InChI is InChI=1S/C13H14ClFO2/c1-2-17-13(8-3-4-8)12(16)10-6-5-9(14)7-11(10)15/h5-8,13H,2-4H2,1H3. The van der Waals surface area contributed by atoms with Crippen molar-refractivity contribution in [3.63, 3.8) is 0 Å². The lowest BCUT2D eigenvalue weighted by molar-refractivity contribution is 0.0371. The Morgan fingerprint density at radius 3 is 2.82 bits per heavy atom. The molecule has 0 aromatic heterocycles. The van der Waals surface area contributed by atoms with Gasteiger partial charge in [0.1, 0.15) is 11.9 Å². The van der Waals surface area contributed by atoms with E-state index in [2.05, 4.69) is 0 Å². The smallest absolute Gasteiger partial charge is 0.194 e. The van der Waals surface area contributed by atoms with Crippen molar-refractivity contribution in [1.29, 1.82) is 0 Å². The Balaban J connectivity index is 2.22. The molecule has 0 amide bonds. The van der Waals surface area contributed by atoms with Crippen LogP contribution >= 0.6 is 11.6 Å². The summed E-state index contributed by atoms with van der Waals surface area (Å²) in [5, 5.41) is 0.290. The lowest BCUT2D eigenvalue weighted by atomic mass is 10.0. The molecule has 92 valence electrons. The van der Waals surface area contributed by atoms with Gasteiger partial charge in [0, 0.05) is 11.6 Å². The molecule has 1 fully saturated rings. The average Bonchev–Trinajstić information content (AvgIpc) is 3.09. The van der Waals surface area contributed by atoms with Crippen LogP contribution in [0.2, 0.25) is 5.02 Å². The minimum Gasteiger partial charge on any atom is -0.370 e. The van der Waals surface area contributed by atoms with Gasteiger partial charge in [0.05, 0.1) is 5.56 Å². The van der Waals surface area contributed by atoms with E-state index in [-0.39, 0.29) is 17.3 Å². The number of Topliss-reactive ketones (excluding diaryl/α,β-unsaturated/α-hetero) is 1. The summed E-state index contributed by atoms with van der Waals surface area (Å²) in [6.07, 6.45) is 1.45. The first-order chi connectivity index (χ1) is 8.13. The third-order valence-corrected chi connectivity index (χ3v) is 3.09. The van der Waals surface area contributed by atoms with Crippen LogP contribution < -0.4 is 0 Å². The van der Waals surface area contributed by atoms with Crippen molar-refractivity contribution in [2.75, 3.05) is 6.61 Å². The maximum absolute atomic E-state index is 13.6. The number of ketones is 1. The molecule has 1 atom stereocenters. The van der Waals surface area contributed by atoms with E-state index in [0.29, 0.717) is 11.6 Å². The predicted molar refractivity (Wildman–Crippen MR) is 63.9 cm³/mol. The Morgan fingerprint density at radius 2 is 2.29 bits per heavy atom. The maximum Gasteiger partial charge on any atom is 0.194 e. The predicted octanol–water partition coefficient (Wildman–Crippen LogP) is 3.48. The monoisotopic (exact) mass is 256 g/mol. The summed E-state index contributed by atoms with van der Waals surface area (Å²) in [6.45, 7) is 2.29. The molecule has 17 heavy (non-hydrogen) atoms. The SMILES string of the molecule is CCOC(C(=O)c1ccc(Cl)cc1F)C1CC1. The van der Waals surface area contributed by atoms with Gasteiger partial charge in [-0.25, -0.2) is 4.39 Å². The second-order valence-electron chi connectivity index (χ2n) is 4.20. The number of halogens is 2. The summed E-state index contributed by atoms with van der Waals surface area (Å²) >= 11 is 5.65. The van der Waals surface area contributed by atoms with E-state index in [0.717, 1.165) is 18.9 Å². The van der Waals surface area contributed by atoms with Crippen LogP contribution in [0.1, 0.15) is 30.1 Å². The molecule has 1 saturated carbocycles. The van der Waals surface area contributed by atoms with Crippen LogP contribution in [-0.2, 0) is 4.74 Å². The molecule has 0 heterocycles. The number of ether oxygens (including phenoxy) is 1. The van der Waals surface area contributed by atoms with E-state index in [4.69, 9.17) is 16.3 Å². The van der Waals surface area contributed by atoms with Gasteiger partial charge < -0.3 is 4.74 Å². The normalized spacial score (nSPS) is 16.9. The van der Waals surface area contributed by atoms with Crippen molar-refractivity contribution in [2.24, 2.45) is 5.92 Å². The highest BCUT2D eigenvalue weighted by atomic mass is 35.5. The Kier molecular flexibility index (Phi) is 3.79. The quantitative estimate of drug-likeness (QED) is 0.754. The first-order valence-electron chi connectivity index (χ1n) is 5.74. The molecule has 1 aromatic carbocycles. The first-order valence-corrected chi connectivity index (χ1v) is 6.12. The number of benzene rings is 1. The molecule has 4 heteroatoms. The average molecular weight is 257 g/mol. The highest BCUT2D eigenvalue weighted by molar-refractivity contribution is 6.30. The van der Waals surface area contributed by atoms with E-state index in [1.807, 2.05) is 6.92 Å². The molecular formula is C13H14ClFO2. The molecule has 2 rings (SSSR count). The van der Waals surface area contributed by atoms with Gasteiger partial charge in [-0.2, -0.15) is 0 Å². The van der Waals surface area contributed by atoms with Crippen molar-refractivity contribution in [2.45, 2.75) is 25.9 Å². The summed E-state index contributed by atoms with van der Waals surface area (Å²) in [5.74, 6) is -0.603. The van der Waals surface area contributed by atoms with Crippen LogP contribution in [0.3, 0.4) is 0 Å². The Morgan fingerprint density at radius 1 is 1.59 bits per heavy atom. The van der Waals surface area contributed by atoms with Crippen LogP contribution in [0.4, 0.5) is 4.39 Å². The fraction of sp³-hybridized carbons (Fsp3) is 0.462. The number of rotatable bonds is 5. The van der Waals surface area contributed by atoms with E-state index in [1.54, 1.807) is 0 Å². The zero-order valence-electron chi connectivity index (χ0n) is 9.58. The summed E-state index contributed by atoms with van der Waals surface area (Å²) in [4.78, 5) is 12.1. The van der Waals surface area contributed by atoms with Gasteiger partial charge in [-0.3, -0.25) is 4.79 Å². The molecule has 0 N–H and O–H groups in total. The van der Waals surface area contributed by atoms with Gasteiger partial charge in [0.15, 0.2) is 5.78 Å². The first kappa shape index (κ1) is 12.5. The molecular weight excluding hydrogens is 243 g/mol. The highest BCUT2D eigenvalue weighted by Gasteiger charge is 2.37. The van der Waals surface area contributed by atoms with Crippen molar-refractivity contribution >= 4 is 17.4 Å². The van der Waals surface area contributed by atoms with Gasteiger partial charge in [0.2, 0.25) is 0 Å². The topological polar surface area (TPSA) is 26.3 Å². The molecule has 1 aliphatic rings. The van der Waals surface area contributed by atoms with Crippen molar-refractivity contribution < 1.29 is 13.9 Å². The Hall–Kier alpha value is -0.930. The van der Waals surface area contributed by atoms with Gasteiger partial charge in [0.25, 0.3) is 0 Å². The number of hydrogen-bond donors (Lipinski definition) is 0. The highest BCUT2D eigenvalue weighted by Crippen LogP contribution is 2.36. The molecule has 1 aromatic rings. The van der Waals surface area contributed by atoms with Gasteiger partial charge in [-0.05, 0) is 43.9 Å². The van der Waals surface area contributed by atoms with E-state index < -0.39 is 11.9 Å². The number of carbonyl (C=O) groups excluding carboxylic acids is 1. The Labute approximate surface area is 105 Å². The zero-order chi connectivity index (χ0) is 12.4. The van der Waals surface area contributed by atoms with Crippen LogP contribution in [-0.4, -0.2) is 18.5 Å².